The maximum Gasteiger partial charge on any atom is 0.0307 e. The first-order chi connectivity index (χ1) is 9.38. The molecule has 0 amide bonds. The zero-order valence-corrected chi connectivity index (χ0v) is 13.8. The second-order valence-electron chi connectivity index (χ2n) is 6.28. The highest BCUT2D eigenvalue weighted by Gasteiger charge is 2.08. The molecule has 0 aliphatic rings. The molecule has 0 aromatic heterocycles. The third kappa shape index (κ3) is 6.51. The van der Waals surface area contributed by atoms with Crippen molar-refractivity contribution >= 4 is 0 Å². The number of hydrogen-bond donors (Lipinski definition) is 1. The summed E-state index contributed by atoms with van der Waals surface area (Å²) in [6.45, 7) is 7.61. The molecule has 1 unspecified atom stereocenters. The lowest BCUT2D eigenvalue weighted by molar-refractivity contribution is 0.291. The Kier molecular flexibility index (Phi) is 7.20. The number of benzene rings is 1. The summed E-state index contributed by atoms with van der Waals surface area (Å²) in [4.78, 5) is 4.61. The SMILES string of the molecule is Cc1cc(C)cc(C(N)CCN(C)CCCN(C)C)c1. The highest BCUT2D eigenvalue weighted by atomic mass is 15.1. The topological polar surface area (TPSA) is 32.5 Å². The average Bonchev–Trinajstić information content (AvgIpc) is 2.34. The predicted molar refractivity (Wildman–Crippen MR) is 88.1 cm³/mol. The van der Waals surface area contributed by atoms with Gasteiger partial charge in [-0.05, 0) is 73.0 Å². The van der Waals surface area contributed by atoms with Crippen LogP contribution < -0.4 is 5.73 Å². The van der Waals surface area contributed by atoms with Gasteiger partial charge >= 0.3 is 0 Å². The van der Waals surface area contributed by atoms with E-state index in [9.17, 15) is 0 Å². The third-order valence-corrected chi connectivity index (χ3v) is 3.64. The summed E-state index contributed by atoms with van der Waals surface area (Å²) in [7, 11) is 6.43. The maximum absolute atomic E-state index is 6.32. The van der Waals surface area contributed by atoms with Gasteiger partial charge in [-0.2, -0.15) is 0 Å². The number of nitrogens with zero attached hydrogens (tertiary/aromatic N) is 2. The molecule has 1 aromatic carbocycles. The molecule has 0 aliphatic carbocycles. The standard InChI is InChI=1S/C17H31N3/c1-14-11-15(2)13-16(12-14)17(18)7-10-20(5)9-6-8-19(3)4/h11-13,17H,6-10,18H2,1-5H3. The van der Waals surface area contributed by atoms with E-state index in [1.165, 1.54) is 23.1 Å². The van der Waals surface area contributed by atoms with Crippen molar-refractivity contribution in [1.82, 2.24) is 9.80 Å². The van der Waals surface area contributed by atoms with Gasteiger partial charge in [-0.15, -0.1) is 0 Å². The predicted octanol–water partition coefficient (Wildman–Crippen LogP) is 2.58. The van der Waals surface area contributed by atoms with E-state index in [0.29, 0.717) is 0 Å². The zero-order valence-electron chi connectivity index (χ0n) is 13.8. The van der Waals surface area contributed by atoms with Gasteiger partial charge in [-0.1, -0.05) is 29.3 Å². The van der Waals surface area contributed by atoms with E-state index in [-0.39, 0.29) is 6.04 Å². The Labute approximate surface area is 124 Å². The van der Waals surface area contributed by atoms with Gasteiger partial charge in [0.25, 0.3) is 0 Å². The molecule has 3 nitrogen and oxygen atoms in total. The number of rotatable bonds is 8. The van der Waals surface area contributed by atoms with Gasteiger partial charge in [0.1, 0.15) is 0 Å². The summed E-state index contributed by atoms with van der Waals surface area (Å²) >= 11 is 0. The van der Waals surface area contributed by atoms with Crippen molar-refractivity contribution in [1.29, 1.82) is 0 Å². The van der Waals surface area contributed by atoms with E-state index in [4.69, 9.17) is 5.73 Å². The Bertz CT molecular complexity index is 381. The van der Waals surface area contributed by atoms with Crippen molar-refractivity contribution in [2.45, 2.75) is 32.7 Å². The number of aryl methyl sites for hydroxylation is 2. The first-order valence-electron chi connectivity index (χ1n) is 7.55. The van der Waals surface area contributed by atoms with Gasteiger partial charge in [0.05, 0.1) is 0 Å². The van der Waals surface area contributed by atoms with Crippen molar-refractivity contribution in [2.24, 2.45) is 5.73 Å². The van der Waals surface area contributed by atoms with E-state index >= 15 is 0 Å². The van der Waals surface area contributed by atoms with Crippen LogP contribution in [0, 0.1) is 13.8 Å². The molecule has 1 aromatic rings. The van der Waals surface area contributed by atoms with Crippen LogP contribution in [-0.2, 0) is 0 Å². The van der Waals surface area contributed by atoms with E-state index in [2.05, 4.69) is 63.0 Å². The molecule has 1 rings (SSSR count). The molecule has 20 heavy (non-hydrogen) atoms. The molecule has 2 N–H and O–H groups in total. The van der Waals surface area contributed by atoms with Gasteiger partial charge in [0.2, 0.25) is 0 Å². The van der Waals surface area contributed by atoms with Crippen molar-refractivity contribution in [3.63, 3.8) is 0 Å². The van der Waals surface area contributed by atoms with Gasteiger partial charge in [0, 0.05) is 6.04 Å². The summed E-state index contributed by atoms with van der Waals surface area (Å²) in [5, 5.41) is 0. The van der Waals surface area contributed by atoms with Crippen molar-refractivity contribution in [3.8, 4) is 0 Å². The van der Waals surface area contributed by atoms with Crippen LogP contribution in [0.25, 0.3) is 0 Å². The molecule has 0 spiro atoms. The first kappa shape index (κ1) is 17.2. The van der Waals surface area contributed by atoms with E-state index in [1.807, 2.05) is 0 Å². The first-order valence-corrected chi connectivity index (χ1v) is 7.55. The van der Waals surface area contributed by atoms with Crippen LogP contribution in [0.5, 0.6) is 0 Å². The lowest BCUT2D eigenvalue weighted by atomic mass is 10.00. The van der Waals surface area contributed by atoms with Crippen LogP contribution in [0.1, 0.15) is 35.6 Å². The molecule has 0 bridgehead atoms. The largest absolute Gasteiger partial charge is 0.324 e. The van der Waals surface area contributed by atoms with Crippen molar-refractivity contribution in [2.75, 3.05) is 40.8 Å². The summed E-state index contributed by atoms with van der Waals surface area (Å²) in [5.41, 5.74) is 10.2. The molecule has 0 heterocycles. The van der Waals surface area contributed by atoms with Crippen LogP contribution >= 0.6 is 0 Å². The van der Waals surface area contributed by atoms with Gasteiger partial charge in [-0.25, -0.2) is 0 Å². The summed E-state index contributed by atoms with van der Waals surface area (Å²) in [6, 6.07) is 6.77. The summed E-state index contributed by atoms with van der Waals surface area (Å²) in [6.07, 6.45) is 2.23. The molecule has 0 fully saturated rings. The Morgan fingerprint density at radius 1 is 0.950 bits per heavy atom. The van der Waals surface area contributed by atoms with Gasteiger partial charge in [0.15, 0.2) is 0 Å². The summed E-state index contributed by atoms with van der Waals surface area (Å²) < 4.78 is 0. The van der Waals surface area contributed by atoms with E-state index < -0.39 is 0 Å². The van der Waals surface area contributed by atoms with Gasteiger partial charge in [-0.3, -0.25) is 0 Å². The molecule has 0 saturated carbocycles. The Morgan fingerprint density at radius 3 is 2.10 bits per heavy atom. The molecule has 114 valence electrons. The second kappa shape index (κ2) is 8.40. The van der Waals surface area contributed by atoms with Gasteiger partial charge < -0.3 is 15.5 Å². The highest BCUT2D eigenvalue weighted by Crippen LogP contribution is 2.18. The van der Waals surface area contributed by atoms with Crippen molar-refractivity contribution in [3.05, 3.63) is 34.9 Å². The minimum atomic E-state index is 0.143. The Hall–Kier alpha value is -0.900. The third-order valence-electron chi connectivity index (χ3n) is 3.64. The zero-order chi connectivity index (χ0) is 15.1. The monoisotopic (exact) mass is 277 g/mol. The smallest absolute Gasteiger partial charge is 0.0307 e. The lowest BCUT2D eigenvalue weighted by Gasteiger charge is -2.21. The van der Waals surface area contributed by atoms with E-state index in [1.54, 1.807) is 0 Å². The van der Waals surface area contributed by atoms with E-state index in [0.717, 1.165) is 26.1 Å². The van der Waals surface area contributed by atoms with Crippen molar-refractivity contribution < 1.29 is 0 Å². The number of nitrogens with two attached hydrogens (primary N) is 1. The van der Waals surface area contributed by atoms with Crippen LogP contribution in [0.3, 0.4) is 0 Å². The molecule has 0 saturated heterocycles. The fourth-order valence-corrected chi connectivity index (χ4v) is 2.52. The molecule has 0 aliphatic heterocycles. The molecular weight excluding hydrogens is 246 g/mol. The quantitative estimate of drug-likeness (QED) is 0.793. The molecule has 3 heteroatoms. The van der Waals surface area contributed by atoms with Crippen LogP contribution in [0.15, 0.2) is 18.2 Å². The minimum Gasteiger partial charge on any atom is -0.324 e. The molecule has 1 atom stereocenters. The molecular formula is C17H31N3. The fourth-order valence-electron chi connectivity index (χ4n) is 2.52. The Balaban J connectivity index is 2.36. The normalized spacial score (nSPS) is 13.2. The minimum absolute atomic E-state index is 0.143. The number of hydrogen-bond acceptors (Lipinski definition) is 3. The van der Waals surface area contributed by atoms with Crippen LogP contribution in [0.4, 0.5) is 0 Å². The second-order valence-corrected chi connectivity index (χ2v) is 6.28. The van der Waals surface area contributed by atoms with Crippen LogP contribution in [-0.4, -0.2) is 50.6 Å². The fraction of sp³-hybridized carbons (Fsp3) is 0.647. The Morgan fingerprint density at radius 2 is 1.55 bits per heavy atom. The maximum atomic E-state index is 6.32. The average molecular weight is 277 g/mol. The highest BCUT2D eigenvalue weighted by molar-refractivity contribution is 5.30. The molecule has 0 radical (unpaired) electrons. The lowest BCUT2D eigenvalue weighted by Crippen LogP contribution is -2.27. The summed E-state index contributed by atoms with van der Waals surface area (Å²) in [5.74, 6) is 0. The van der Waals surface area contributed by atoms with Crippen LogP contribution in [0.2, 0.25) is 0 Å².